The molecule has 40 heavy (non-hydrogen) atoms. The Bertz CT molecular complexity index is 1560. The maximum atomic E-state index is 13.5. The minimum absolute atomic E-state index is 0.0326. The van der Waals surface area contributed by atoms with Gasteiger partial charge in [0.05, 0.1) is 16.2 Å². The van der Waals surface area contributed by atoms with Crippen LogP contribution < -0.4 is 5.56 Å². The van der Waals surface area contributed by atoms with Crippen LogP contribution in [-0.2, 0) is 17.4 Å². The normalized spacial score (nSPS) is 11.8. The van der Waals surface area contributed by atoms with Gasteiger partial charge in [-0.05, 0) is 68.5 Å². The molecular weight excluding hydrogens is 563 g/mol. The van der Waals surface area contributed by atoms with Crippen molar-refractivity contribution in [2.45, 2.75) is 30.3 Å². The smallest absolute Gasteiger partial charge is 0.416 e. The highest BCUT2D eigenvalue weighted by molar-refractivity contribution is 8.00. The molecule has 0 atom stereocenters. The number of fused-ring (bicyclic) bond motifs is 1. The van der Waals surface area contributed by atoms with Crippen LogP contribution in [-0.4, -0.2) is 51.6 Å². The number of nitrogens with one attached hydrogen (secondary N) is 1. The lowest BCUT2D eigenvalue weighted by Gasteiger charge is -2.16. The fourth-order valence-electron chi connectivity index (χ4n) is 4.30. The number of alkyl halides is 3. The highest BCUT2D eigenvalue weighted by atomic mass is 35.5. The maximum absolute atomic E-state index is 13.5. The number of carbonyl (C=O) groups is 1. The lowest BCUT2D eigenvalue weighted by atomic mass is 9.98. The van der Waals surface area contributed by atoms with Gasteiger partial charge >= 0.3 is 6.18 Å². The van der Waals surface area contributed by atoms with E-state index in [-0.39, 0.29) is 55.7 Å². The van der Waals surface area contributed by atoms with E-state index >= 15 is 0 Å². The average molecular weight is 590 g/mol. The summed E-state index contributed by atoms with van der Waals surface area (Å²) in [5.74, 6) is -0.414. The second kappa shape index (κ2) is 12.9. The van der Waals surface area contributed by atoms with E-state index < -0.39 is 17.3 Å². The van der Waals surface area contributed by atoms with Crippen molar-refractivity contribution in [2.75, 3.05) is 25.9 Å². The van der Waals surface area contributed by atoms with Gasteiger partial charge in [-0.3, -0.25) is 14.6 Å². The number of carbonyl (C=O) groups excluding carboxylic acids is 1. The molecule has 0 saturated carbocycles. The Morgan fingerprint density at radius 3 is 2.65 bits per heavy atom. The Balaban J connectivity index is 1.52. The molecule has 0 amide bonds. The summed E-state index contributed by atoms with van der Waals surface area (Å²) in [7, 11) is 1.97. The number of nitrogens with zero attached hydrogens (tertiary/aromatic N) is 2. The zero-order valence-electron chi connectivity index (χ0n) is 21.6. The second-order valence-electron chi connectivity index (χ2n) is 9.38. The van der Waals surface area contributed by atoms with Gasteiger partial charge in [0.1, 0.15) is 11.5 Å². The van der Waals surface area contributed by atoms with Crippen molar-refractivity contribution in [1.82, 2.24) is 14.9 Å². The number of halogens is 4. The van der Waals surface area contributed by atoms with Crippen molar-refractivity contribution in [3.63, 3.8) is 0 Å². The van der Waals surface area contributed by atoms with Crippen molar-refractivity contribution in [2.24, 2.45) is 0 Å². The van der Waals surface area contributed by atoms with Crippen molar-refractivity contribution < 1.29 is 23.1 Å². The average Bonchev–Trinajstić information content (AvgIpc) is 2.91. The molecule has 0 saturated heterocycles. The van der Waals surface area contributed by atoms with Crippen LogP contribution in [0.15, 0.2) is 70.5 Å². The molecule has 11 heteroatoms. The van der Waals surface area contributed by atoms with Crippen molar-refractivity contribution >= 4 is 40.0 Å². The number of hydrogen-bond donors (Lipinski definition) is 2. The Morgan fingerprint density at radius 2 is 1.93 bits per heavy atom. The molecule has 2 aromatic heterocycles. The fourth-order valence-corrected chi connectivity index (χ4v) is 5.47. The third-order valence-electron chi connectivity index (χ3n) is 6.37. The summed E-state index contributed by atoms with van der Waals surface area (Å²) in [6.07, 6.45) is -1.18. The molecule has 4 rings (SSSR count). The van der Waals surface area contributed by atoms with E-state index in [4.69, 9.17) is 11.6 Å². The molecule has 0 unspecified atom stereocenters. The molecule has 0 aliphatic carbocycles. The first-order valence-corrected chi connectivity index (χ1v) is 13.9. The largest absolute Gasteiger partial charge is 0.507 e. The topological polar surface area (TPSA) is 86.3 Å². The number of hydrogen-bond acceptors (Lipinski definition) is 6. The maximum Gasteiger partial charge on any atom is 0.416 e. The number of H-pyrrole nitrogens is 1. The number of phenolic OH excluding ortho intramolecular Hbond substituents is 1. The van der Waals surface area contributed by atoms with Gasteiger partial charge in [0, 0.05) is 58.3 Å². The molecular formula is C29H27ClF3N3O3S. The van der Waals surface area contributed by atoms with Crippen LogP contribution in [0.25, 0.3) is 22.0 Å². The van der Waals surface area contributed by atoms with E-state index in [2.05, 4.69) is 14.9 Å². The summed E-state index contributed by atoms with van der Waals surface area (Å²) in [5, 5.41) is 10.9. The Kier molecular flexibility index (Phi) is 9.55. The predicted octanol–water partition coefficient (Wildman–Crippen LogP) is 6.58. The molecule has 0 bridgehead atoms. The van der Waals surface area contributed by atoms with Gasteiger partial charge in [0.2, 0.25) is 0 Å². The summed E-state index contributed by atoms with van der Waals surface area (Å²) >= 11 is 7.07. The summed E-state index contributed by atoms with van der Waals surface area (Å²) in [6, 6.07) is 12.9. The Hall–Kier alpha value is -3.34. The van der Waals surface area contributed by atoms with Crippen LogP contribution in [0.5, 0.6) is 5.75 Å². The van der Waals surface area contributed by atoms with Crippen LogP contribution in [0.2, 0.25) is 5.02 Å². The van der Waals surface area contributed by atoms with Crippen molar-refractivity contribution in [3.05, 3.63) is 87.4 Å². The molecule has 0 spiro atoms. The fraction of sp³-hybridized carbons (Fsp3) is 0.276. The molecule has 0 radical (unpaired) electrons. The first-order valence-electron chi connectivity index (χ1n) is 12.5. The Morgan fingerprint density at radius 1 is 1.12 bits per heavy atom. The van der Waals surface area contributed by atoms with E-state index in [1.165, 1.54) is 24.3 Å². The molecule has 0 aliphatic heterocycles. The number of aromatic hydroxyl groups is 1. The molecule has 2 N–H and O–H groups in total. The van der Waals surface area contributed by atoms with Gasteiger partial charge in [0.15, 0.2) is 0 Å². The molecule has 0 fully saturated rings. The van der Waals surface area contributed by atoms with Crippen molar-refractivity contribution in [3.8, 4) is 16.9 Å². The minimum atomic E-state index is -4.62. The van der Waals surface area contributed by atoms with E-state index in [9.17, 15) is 27.9 Å². The van der Waals surface area contributed by atoms with Crippen molar-refractivity contribution in [1.29, 1.82) is 0 Å². The summed E-state index contributed by atoms with van der Waals surface area (Å²) in [4.78, 5) is 34.9. The van der Waals surface area contributed by atoms with E-state index in [0.29, 0.717) is 13.0 Å². The first-order chi connectivity index (χ1) is 19.0. The number of aromatic nitrogens is 2. The number of benzene rings is 2. The zero-order valence-corrected chi connectivity index (χ0v) is 23.2. The van der Waals surface area contributed by atoms with Gasteiger partial charge in [-0.2, -0.15) is 13.2 Å². The monoisotopic (exact) mass is 589 g/mol. The van der Waals surface area contributed by atoms with Crippen LogP contribution in [0.1, 0.15) is 24.1 Å². The number of Topliss-reactive ketones (excluding diaryl/α,β-unsaturated/α-hetero) is 1. The molecule has 2 aromatic carbocycles. The number of aromatic amines is 1. The molecule has 2 heterocycles. The number of thioether (sulfide) groups is 1. The SMILES string of the molecule is CN(CCCC(=O)CSc1c(-c2cc(Cl)ccc2O)c2cc(C(F)(F)F)ccc2[nH]c1=O)CCc1ccccn1. The molecule has 6 nitrogen and oxygen atoms in total. The van der Waals surface area contributed by atoms with Gasteiger partial charge < -0.3 is 15.0 Å². The minimum Gasteiger partial charge on any atom is -0.507 e. The number of likely N-dealkylation sites (N-methyl/N-ethyl adjacent to an activating group) is 1. The van der Waals surface area contributed by atoms with Gasteiger partial charge in [0.25, 0.3) is 5.56 Å². The lowest BCUT2D eigenvalue weighted by molar-refractivity contribution is -0.137. The van der Waals surface area contributed by atoms with E-state index in [0.717, 1.165) is 42.6 Å². The number of ketones is 1. The second-order valence-corrected chi connectivity index (χ2v) is 10.8. The summed E-state index contributed by atoms with van der Waals surface area (Å²) in [5.41, 5.74) is -0.130. The number of phenols is 1. The zero-order chi connectivity index (χ0) is 28.9. The van der Waals surface area contributed by atoms with E-state index in [1.807, 2.05) is 25.2 Å². The van der Waals surface area contributed by atoms with Gasteiger partial charge in [-0.1, -0.05) is 17.7 Å². The molecule has 0 aliphatic rings. The summed E-state index contributed by atoms with van der Waals surface area (Å²) in [6.45, 7) is 1.49. The van der Waals surface area contributed by atoms with Gasteiger partial charge in [-0.25, -0.2) is 0 Å². The quantitative estimate of drug-likeness (QED) is 0.192. The van der Waals surface area contributed by atoms with Crippen LogP contribution in [0, 0.1) is 0 Å². The third kappa shape index (κ3) is 7.44. The lowest BCUT2D eigenvalue weighted by Crippen LogP contribution is -2.23. The number of pyridine rings is 2. The van der Waals surface area contributed by atoms with E-state index in [1.54, 1.807) is 6.20 Å². The van der Waals surface area contributed by atoms with Crippen LogP contribution in [0.4, 0.5) is 13.2 Å². The summed E-state index contributed by atoms with van der Waals surface area (Å²) < 4.78 is 40.6. The Labute approximate surface area is 238 Å². The highest BCUT2D eigenvalue weighted by Crippen LogP contribution is 2.42. The first kappa shape index (κ1) is 29.6. The predicted molar refractivity (Wildman–Crippen MR) is 152 cm³/mol. The van der Waals surface area contributed by atoms with Crippen LogP contribution in [0.3, 0.4) is 0 Å². The molecule has 210 valence electrons. The van der Waals surface area contributed by atoms with Crippen LogP contribution >= 0.6 is 23.4 Å². The number of rotatable bonds is 11. The standard InChI is InChI=1S/C29H27ClF3N3O3S/c1-36(14-11-20-5-2-3-12-34-20)13-4-6-21(37)17-40-27-26(23-16-19(30)8-10-25(23)38)22-15-18(29(31,32)33)7-9-24(22)35-28(27)39/h2-3,5,7-10,12,15-16,38H,4,6,11,13-14,17H2,1H3,(H,35,39). The third-order valence-corrected chi connectivity index (χ3v) is 7.75. The van der Waals surface area contributed by atoms with Gasteiger partial charge in [-0.15, -0.1) is 11.8 Å². The molecule has 4 aromatic rings. The highest BCUT2D eigenvalue weighted by Gasteiger charge is 2.31.